The smallest absolute Gasteiger partial charge is 0.226 e. The van der Waals surface area contributed by atoms with Gasteiger partial charge in [0.1, 0.15) is 5.76 Å². The van der Waals surface area contributed by atoms with Crippen molar-refractivity contribution in [1.29, 1.82) is 0 Å². The molecule has 1 fully saturated rings. The van der Waals surface area contributed by atoms with Gasteiger partial charge in [-0.3, -0.25) is 14.4 Å². The minimum Gasteiger partial charge on any atom is -0.374 e. The van der Waals surface area contributed by atoms with E-state index in [0.717, 1.165) is 31.0 Å². The molecule has 2 aromatic rings. The second kappa shape index (κ2) is 7.79. The quantitative estimate of drug-likeness (QED) is 0.853. The summed E-state index contributed by atoms with van der Waals surface area (Å²) in [4.78, 5) is 14.3. The zero-order valence-electron chi connectivity index (χ0n) is 15.0. The molecule has 2 aromatic heterocycles. The summed E-state index contributed by atoms with van der Waals surface area (Å²) in [6, 6.07) is 3.77. The molecule has 0 aromatic carbocycles. The molecule has 0 aliphatic carbocycles. The Balaban J connectivity index is 1.45. The van der Waals surface area contributed by atoms with Gasteiger partial charge in [0.2, 0.25) is 5.91 Å². The summed E-state index contributed by atoms with van der Waals surface area (Å²) in [6.07, 6.45) is 0.506. The van der Waals surface area contributed by atoms with Crippen molar-refractivity contribution in [3.8, 4) is 0 Å². The summed E-state index contributed by atoms with van der Waals surface area (Å²) in [5, 5.41) is 11.0. The fourth-order valence-corrected chi connectivity index (χ4v) is 3.04. The van der Waals surface area contributed by atoms with Crippen LogP contribution in [0.3, 0.4) is 0 Å². The molecule has 8 nitrogen and oxygen atoms in total. The normalized spacial score (nSPS) is 18.4. The lowest BCUT2D eigenvalue weighted by Crippen LogP contribution is -2.45. The summed E-state index contributed by atoms with van der Waals surface area (Å²) in [5.41, 5.74) is 2.16. The standard InChI is InChI=1S/C17H25N5O3/c1-12-8-13(2)22(19-12)11-15-10-21(6-7-24-15)5-4-17(23)18-16-9-14(3)25-20-16/h8-9,15H,4-7,10-11H2,1-3H3,(H,18,20,23)/t15-/m1/s1. The van der Waals surface area contributed by atoms with Crippen molar-refractivity contribution < 1.29 is 14.1 Å². The second-order valence-corrected chi connectivity index (χ2v) is 6.52. The second-order valence-electron chi connectivity index (χ2n) is 6.52. The molecule has 3 heterocycles. The molecule has 136 valence electrons. The first-order chi connectivity index (χ1) is 12.0. The largest absolute Gasteiger partial charge is 0.374 e. The number of ether oxygens (including phenoxy) is 1. The van der Waals surface area contributed by atoms with Crippen LogP contribution in [0.2, 0.25) is 0 Å². The van der Waals surface area contributed by atoms with E-state index in [9.17, 15) is 4.79 Å². The highest BCUT2D eigenvalue weighted by Gasteiger charge is 2.22. The van der Waals surface area contributed by atoms with E-state index >= 15 is 0 Å². The first-order valence-electron chi connectivity index (χ1n) is 8.58. The molecular formula is C17H25N5O3. The summed E-state index contributed by atoms with van der Waals surface area (Å²) in [6.45, 7) is 9.58. The van der Waals surface area contributed by atoms with E-state index < -0.39 is 0 Å². The van der Waals surface area contributed by atoms with Gasteiger partial charge in [-0.15, -0.1) is 0 Å². The Morgan fingerprint density at radius 2 is 2.20 bits per heavy atom. The maximum absolute atomic E-state index is 12.0. The summed E-state index contributed by atoms with van der Waals surface area (Å²) in [7, 11) is 0. The molecule has 0 radical (unpaired) electrons. The van der Waals surface area contributed by atoms with Crippen LogP contribution >= 0.6 is 0 Å². The lowest BCUT2D eigenvalue weighted by atomic mass is 10.2. The van der Waals surface area contributed by atoms with Crippen LogP contribution in [-0.4, -0.2) is 58.1 Å². The molecule has 0 unspecified atom stereocenters. The number of carbonyl (C=O) groups is 1. The number of hydrogen-bond donors (Lipinski definition) is 1. The predicted octanol–water partition coefficient (Wildman–Crippen LogP) is 1.53. The highest BCUT2D eigenvalue weighted by molar-refractivity contribution is 5.89. The molecule has 3 rings (SSSR count). The zero-order valence-corrected chi connectivity index (χ0v) is 15.0. The van der Waals surface area contributed by atoms with Gasteiger partial charge in [0.15, 0.2) is 5.82 Å². The molecule has 1 saturated heterocycles. The maximum Gasteiger partial charge on any atom is 0.226 e. The molecule has 0 bridgehead atoms. The van der Waals surface area contributed by atoms with Gasteiger partial charge in [-0.1, -0.05) is 5.16 Å². The minimum atomic E-state index is -0.0603. The van der Waals surface area contributed by atoms with E-state index in [1.165, 1.54) is 0 Å². The average molecular weight is 347 g/mol. The summed E-state index contributed by atoms with van der Waals surface area (Å²) in [5.74, 6) is 1.08. The first kappa shape index (κ1) is 17.6. The third-order valence-electron chi connectivity index (χ3n) is 4.25. The number of aromatic nitrogens is 3. The van der Waals surface area contributed by atoms with Gasteiger partial charge in [0, 0.05) is 37.8 Å². The van der Waals surface area contributed by atoms with Gasteiger partial charge in [-0.2, -0.15) is 5.10 Å². The molecule has 0 saturated carbocycles. The number of aryl methyl sites for hydroxylation is 3. The molecule has 1 aliphatic heterocycles. The number of hydrogen-bond acceptors (Lipinski definition) is 6. The topological polar surface area (TPSA) is 85.4 Å². The highest BCUT2D eigenvalue weighted by Crippen LogP contribution is 2.11. The number of carbonyl (C=O) groups excluding carboxylic acids is 1. The summed E-state index contributed by atoms with van der Waals surface area (Å²) >= 11 is 0. The van der Waals surface area contributed by atoms with Gasteiger partial charge >= 0.3 is 0 Å². The van der Waals surface area contributed by atoms with E-state index in [1.807, 2.05) is 11.6 Å². The first-order valence-corrected chi connectivity index (χ1v) is 8.58. The Hall–Kier alpha value is -2.19. The van der Waals surface area contributed by atoms with E-state index in [2.05, 4.69) is 33.5 Å². The third-order valence-corrected chi connectivity index (χ3v) is 4.25. The predicted molar refractivity (Wildman–Crippen MR) is 92.4 cm³/mol. The van der Waals surface area contributed by atoms with Crippen molar-refractivity contribution in [3.05, 3.63) is 29.3 Å². The van der Waals surface area contributed by atoms with Crippen molar-refractivity contribution in [1.82, 2.24) is 19.8 Å². The van der Waals surface area contributed by atoms with Crippen molar-refractivity contribution in [2.24, 2.45) is 0 Å². The molecular weight excluding hydrogens is 322 g/mol. The fourth-order valence-electron chi connectivity index (χ4n) is 3.04. The Morgan fingerprint density at radius 3 is 2.88 bits per heavy atom. The van der Waals surface area contributed by atoms with Gasteiger partial charge in [-0.25, -0.2) is 0 Å². The Labute approximate surface area is 147 Å². The van der Waals surface area contributed by atoms with Crippen molar-refractivity contribution >= 4 is 11.7 Å². The minimum absolute atomic E-state index is 0.0603. The van der Waals surface area contributed by atoms with E-state index in [4.69, 9.17) is 9.26 Å². The van der Waals surface area contributed by atoms with E-state index in [1.54, 1.807) is 13.0 Å². The maximum atomic E-state index is 12.0. The van der Waals surface area contributed by atoms with Crippen LogP contribution in [0, 0.1) is 20.8 Å². The molecule has 1 N–H and O–H groups in total. The van der Waals surface area contributed by atoms with Crippen LogP contribution in [0.25, 0.3) is 0 Å². The Kier molecular flexibility index (Phi) is 5.50. The monoisotopic (exact) mass is 347 g/mol. The van der Waals surface area contributed by atoms with Gasteiger partial charge in [-0.05, 0) is 26.8 Å². The zero-order chi connectivity index (χ0) is 17.8. The molecule has 8 heteroatoms. The molecule has 0 spiro atoms. The number of anilines is 1. The molecule has 1 amide bonds. The van der Waals surface area contributed by atoms with Crippen LogP contribution in [0.5, 0.6) is 0 Å². The van der Waals surface area contributed by atoms with Gasteiger partial charge in [0.25, 0.3) is 0 Å². The Morgan fingerprint density at radius 1 is 1.36 bits per heavy atom. The van der Waals surface area contributed by atoms with Gasteiger partial charge < -0.3 is 14.6 Å². The number of amides is 1. The molecule has 25 heavy (non-hydrogen) atoms. The lowest BCUT2D eigenvalue weighted by molar-refractivity contribution is -0.117. The van der Waals surface area contributed by atoms with Crippen molar-refractivity contribution in [3.63, 3.8) is 0 Å². The van der Waals surface area contributed by atoms with Crippen molar-refractivity contribution in [2.75, 3.05) is 31.6 Å². The third kappa shape index (κ3) is 4.90. The number of nitrogens with zero attached hydrogens (tertiary/aromatic N) is 4. The van der Waals surface area contributed by atoms with Crippen LogP contribution in [-0.2, 0) is 16.1 Å². The lowest BCUT2D eigenvalue weighted by Gasteiger charge is -2.32. The Bertz CT molecular complexity index is 724. The van der Waals surface area contributed by atoms with E-state index in [-0.39, 0.29) is 12.0 Å². The average Bonchev–Trinajstić information content (AvgIpc) is 3.11. The highest BCUT2D eigenvalue weighted by atomic mass is 16.5. The number of nitrogens with one attached hydrogen (secondary N) is 1. The van der Waals surface area contributed by atoms with Crippen LogP contribution < -0.4 is 5.32 Å². The number of morpholine rings is 1. The van der Waals surface area contributed by atoms with Crippen LogP contribution in [0.15, 0.2) is 16.7 Å². The van der Waals surface area contributed by atoms with Crippen molar-refractivity contribution in [2.45, 2.75) is 39.8 Å². The van der Waals surface area contributed by atoms with Crippen LogP contribution in [0.1, 0.15) is 23.6 Å². The number of rotatable bonds is 6. The van der Waals surface area contributed by atoms with Gasteiger partial charge in [0.05, 0.1) is 24.9 Å². The molecule has 1 aliphatic rings. The summed E-state index contributed by atoms with van der Waals surface area (Å²) < 4.78 is 12.8. The van der Waals surface area contributed by atoms with Crippen LogP contribution in [0.4, 0.5) is 5.82 Å². The molecule has 1 atom stereocenters. The fraction of sp³-hybridized carbons (Fsp3) is 0.588. The van der Waals surface area contributed by atoms with E-state index in [0.29, 0.717) is 31.2 Å². The SMILES string of the molecule is Cc1cc(C)n(C[C@H]2CN(CCC(=O)Nc3cc(C)on3)CCO2)n1.